The summed E-state index contributed by atoms with van der Waals surface area (Å²) < 4.78 is 108. The SMILES string of the molecule is Cc1ccc(C[C@@H]2CN(S(=O)(=O)c3cccs3)CCN2c2ccc(C(O)(C(F)(F)F)C(F)(F)F)cc2)cc1. The number of anilines is 1. The topological polar surface area (TPSA) is 60.9 Å². The van der Waals surface area contributed by atoms with Gasteiger partial charge in [-0.2, -0.15) is 30.6 Å². The summed E-state index contributed by atoms with van der Waals surface area (Å²) in [6, 6.07) is 13.6. The van der Waals surface area contributed by atoms with E-state index in [0.29, 0.717) is 24.2 Å². The van der Waals surface area contributed by atoms with Crippen LogP contribution >= 0.6 is 11.3 Å². The lowest BCUT2D eigenvalue weighted by molar-refractivity contribution is -0.376. The van der Waals surface area contributed by atoms with Gasteiger partial charge in [0.05, 0.1) is 0 Å². The van der Waals surface area contributed by atoms with Crippen molar-refractivity contribution < 1.29 is 39.9 Å². The molecule has 38 heavy (non-hydrogen) atoms. The summed E-state index contributed by atoms with van der Waals surface area (Å²) in [6.07, 6.45) is -11.6. The number of benzene rings is 2. The zero-order valence-corrected chi connectivity index (χ0v) is 21.6. The minimum absolute atomic E-state index is 0.0604. The fourth-order valence-electron chi connectivity index (χ4n) is 4.48. The number of aliphatic hydroxyl groups is 1. The van der Waals surface area contributed by atoms with Crippen LogP contribution in [0.15, 0.2) is 70.3 Å². The van der Waals surface area contributed by atoms with Gasteiger partial charge in [0.2, 0.25) is 0 Å². The van der Waals surface area contributed by atoms with Gasteiger partial charge >= 0.3 is 12.4 Å². The Morgan fingerprint density at radius 1 is 0.921 bits per heavy atom. The number of alkyl halides is 6. The molecule has 0 amide bonds. The number of nitrogens with zero attached hydrogens (tertiary/aromatic N) is 2. The molecule has 0 bridgehead atoms. The second-order valence-electron chi connectivity index (χ2n) is 9.08. The zero-order chi connectivity index (χ0) is 27.9. The fourth-order valence-corrected chi connectivity index (χ4v) is 7.09. The summed E-state index contributed by atoms with van der Waals surface area (Å²) in [6.45, 7) is 2.20. The molecule has 5 nitrogen and oxygen atoms in total. The van der Waals surface area contributed by atoms with Gasteiger partial charge in [0.15, 0.2) is 0 Å². The van der Waals surface area contributed by atoms with Crippen LogP contribution in [-0.2, 0) is 22.0 Å². The van der Waals surface area contributed by atoms with Crippen LogP contribution in [0.5, 0.6) is 0 Å². The molecule has 0 unspecified atom stereocenters. The maximum Gasteiger partial charge on any atom is 0.430 e. The third kappa shape index (κ3) is 5.29. The Balaban J connectivity index is 1.67. The highest BCUT2D eigenvalue weighted by molar-refractivity contribution is 7.91. The molecule has 0 saturated carbocycles. The molecule has 4 rings (SSSR count). The molecule has 2 aromatic carbocycles. The van der Waals surface area contributed by atoms with Crippen molar-refractivity contribution in [2.75, 3.05) is 24.5 Å². The Labute approximate surface area is 220 Å². The molecule has 2 heterocycles. The lowest BCUT2D eigenvalue weighted by atomic mass is 9.92. The van der Waals surface area contributed by atoms with Crippen LogP contribution in [0.25, 0.3) is 0 Å². The summed E-state index contributed by atoms with van der Waals surface area (Å²) in [5.41, 5.74) is -4.15. The molecule has 13 heteroatoms. The quantitative estimate of drug-likeness (QED) is 0.393. The van der Waals surface area contributed by atoms with E-state index in [4.69, 9.17) is 0 Å². The molecule has 206 valence electrons. The largest absolute Gasteiger partial charge is 0.430 e. The molecule has 3 aromatic rings. The van der Waals surface area contributed by atoms with Gasteiger partial charge in [-0.25, -0.2) is 8.42 Å². The van der Waals surface area contributed by atoms with E-state index < -0.39 is 39.6 Å². The van der Waals surface area contributed by atoms with Crippen LogP contribution in [0, 0.1) is 6.92 Å². The third-order valence-corrected chi connectivity index (χ3v) is 9.80. The van der Waals surface area contributed by atoms with Crippen LogP contribution in [0.4, 0.5) is 32.0 Å². The summed E-state index contributed by atoms with van der Waals surface area (Å²) in [5.74, 6) is 0. The van der Waals surface area contributed by atoms with E-state index in [2.05, 4.69) is 0 Å². The molecule has 1 fully saturated rings. The first-order chi connectivity index (χ1) is 17.6. The summed E-state index contributed by atoms with van der Waals surface area (Å²) in [5, 5.41) is 11.4. The molecule has 1 saturated heterocycles. The van der Waals surface area contributed by atoms with E-state index in [-0.39, 0.29) is 23.8 Å². The molecule has 1 aliphatic heterocycles. The van der Waals surface area contributed by atoms with E-state index in [9.17, 15) is 39.9 Å². The molecular formula is C25H24F6N2O3S2. The van der Waals surface area contributed by atoms with Crippen molar-refractivity contribution in [3.63, 3.8) is 0 Å². The highest BCUT2D eigenvalue weighted by atomic mass is 32.2. The third-order valence-electron chi connectivity index (χ3n) is 6.56. The molecule has 1 atom stereocenters. The Morgan fingerprint density at radius 3 is 2.05 bits per heavy atom. The maximum atomic E-state index is 13.3. The number of sulfonamides is 1. The lowest BCUT2D eigenvalue weighted by Crippen LogP contribution is -2.55. The van der Waals surface area contributed by atoms with Crippen LogP contribution in [0.2, 0.25) is 0 Å². The van der Waals surface area contributed by atoms with Gasteiger partial charge in [0.1, 0.15) is 4.21 Å². The Kier molecular flexibility index (Phi) is 7.60. The Bertz CT molecular complexity index is 1330. The number of halogens is 6. The minimum atomic E-state index is -5.98. The number of rotatable bonds is 6. The summed E-state index contributed by atoms with van der Waals surface area (Å²) >= 11 is 1.08. The van der Waals surface area contributed by atoms with Crippen molar-refractivity contribution >= 4 is 27.0 Å². The monoisotopic (exact) mass is 578 g/mol. The van der Waals surface area contributed by atoms with E-state index in [1.165, 1.54) is 10.4 Å². The predicted octanol–water partition coefficient (Wildman–Crippen LogP) is 5.49. The van der Waals surface area contributed by atoms with Crippen molar-refractivity contribution in [3.8, 4) is 0 Å². The smallest absolute Gasteiger partial charge is 0.369 e. The molecule has 1 aromatic heterocycles. The number of hydrogen-bond donors (Lipinski definition) is 1. The number of aryl methyl sites for hydroxylation is 1. The van der Waals surface area contributed by atoms with Crippen molar-refractivity contribution in [2.24, 2.45) is 0 Å². The maximum absolute atomic E-state index is 13.3. The van der Waals surface area contributed by atoms with Gasteiger partial charge < -0.3 is 10.0 Å². The molecule has 0 aliphatic carbocycles. The van der Waals surface area contributed by atoms with Crippen LogP contribution < -0.4 is 4.90 Å². The highest BCUT2D eigenvalue weighted by Gasteiger charge is 2.71. The molecule has 0 radical (unpaired) electrons. The average molecular weight is 579 g/mol. The first-order valence-electron chi connectivity index (χ1n) is 11.5. The van der Waals surface area contributed by atoms with Crippen molar-refractivity contribution in [2.45, 2.75) is 41.5 Å². The normalized spacial score (nSPS) is 18.1. The van der Waals surface area contributed by atoms with Gasteiger partial charge in [-0.15, -0.1) is 11.3 Å². The van der Waals surface area contributed by atoms with Gasteiger partial charge in [-0.1, -0.05) is 48.0 Å². The van der Waals surface area contributed by atoms with Gasteiger partial charge in [-0.05, 0) is 42.5 Å². The molecular weight excluding hydrogens is 554 g/mol. The van der Waals surface area contributed by atoms with Crippen LogP contribution in [-0.4, -0.2) is 55.9 Å². The molecule has 1 N–H and O–H groups in total. The number of thiophene rings is 1. The van der Waals surface area contributed by atoms with Gasteiger partial charge in [-0.3, -0.25) is 0 Å². The number of piperazine rings is 1. The van der Waals surface area contributed by atoms with Gasteiger partial charge in [0.25, 0.3) is 15.6 Å². The second kappa shape index (κ2) is 10.2. The second-order valence-corrected chi connectivity index (χ2v) is 12.2. The number of hydrogen-bond acceptors (Lipinski definition) is 5. The van der Waals surface area contributed by atoms with Crippen LogP contribution in [0.1, 0.15) is 16.7 Å². The minimum Gasteiger partial charge on any atom is -0.369 e. The van der Waals surface area contributed by atoms with Crippen LogP contribution in [0.3, 0.4) is 0 Å². The Hall–Kier alpha value is -2.61. The Morgan fingerprint density at radius 2 is 1.53 bits per heavy atom. The van der Waals surface area contributed by atoms with E-state index in [1.807, 2.05) is 31.2 Å². The lowest BCUT2D eigenvalue weighted by Gasteiger charge is -2.42. The van der Waals surface area contributed by atoms with Crippen molar-refractivity contribution in [3.05, 3.63) is 82.7 Å². The summed E-state index contributed by atoms with van der Waals surface area (Å²) in [4.78, 5) is 1.77. The molecule has 1 aliphatic rings. The first kappa shape index (κ1) is 28.4. The average Bonchev–Trinajstić information content (AvgIpc) is 3.40. The highest BCUT2D eigenvalue weighted by Crippen LogP contribution is 2.50. The van der Waals surface area contributed by atoms with Crippen molar-refractivity contribution in [1.29, 1.82) is 0 Å². The summed E-state index contributed by atoms with van der Waals surface area (Å²) in [7, 11) is -3.77. The predicted molar refractivity (Wildman–Crippen MR) is 132 cm³/mol. The standard InChI is InChI=1S/C25H24F6N2O3S2/c1-17-4-6-18(7-5-17)15-21-16-32(38(35,36)22-3-2-14-37-22)12-13-33(21)20-10-8-19(9-11-20)23(34,24(26,27)28)25(29,30)31/h2-11,14,21,34H,12-13,15-16H2,1H3/t21-/m1/s1. The van der Waals surface area contributed by atoms with E-state index in [1.54, 1.807) is 16.3 Å². The zero-order valence-electron chi connectivity index (χ0n) is 20.0. The molecule has 0 spiro atoms. The van der Waals surface area contributed by atoms with E-state index in [0.717, 1.165) is 34.6 Å². The van der Waals surface area contributed by atoms with Gasteiger partial charge in [0, 0.05) is 36.9 Å². The first-order valence-corrected chi connectivity index (χ1v) is 13.8. The fraction of sp³-hybridized carbons (Fsp3) is 0.360. The van der Waals surface area contributed by atoms with E-state index >= 15 is 0 Å². The van der Waals surface area contributed by atoms with Crippen molar-refractivity contribution in [1.82, 2.24) is 4.31 Å².